The third-order valence-electron chi connectivity index (χ3n) is 7.11. The Bertz CT molecular complexity index is 1390. The molecule has 0 saturated carbocycles. The summed E-state index contributed by atoms with van der Waals surface area (Å²) in [4.78, 5) is 26.3. The Morgan fingerprint density at radius 3 is 2.62 bits per heavy atom. The molecule has 0 spiro atoms. The molecule has 2 aromatic carbocycles. The highest BCUT2D eigenvalue weighted by Gasteiger charge is 2.15. The third kappa shape index (κ3) is 8.53. The number of amides is 1. The Morgan fingerprint density at radius 1 is 1.00 bits per heavy atom. The minimum absolute atomic E-state index is 0.0235. The number of halogens is 1. The van der Waals surface area contributed by atoms with Crippen LogP contribution >= 0.6 is 11.6 Å². The summed E-state index contributed by atoms with van der Waals surface area (Å²) in [5, 5.41) is 19.6. The van der Waals surface area contributed by atoms with Gasteiger partial charge in [-0.1, -0.05) is 23.7 Å². The van der Waals surface area contributed by atoms with Crippen molar-refractivity contribution in [3.8, 4) is 11.8 Å². The Kier molecular flexibility index (Phi) is 10.4. The normalized spacial score (nSPS) is 17.4. The van der Waals surface area contributed by atoms with Crippen molar-refractivity contribution in [2.45, 2.75) is 19.4 Å². The molecule has 4 bridgehead atoms. The average Bonchev–Trinajstić information content (AvgIpc) is 3.00. The van der Waals surface area contributed by atoms with E-state index in [1.165, 1.54) is 6.20 Å². The number of carbonyl (C=O) groups excluding carboxylic acids is 1. The van der Waals surface area contributed by atoms with Crippen LogP contribution in [0.2, 0.25) is 5.02 Å². The molecule has 1 fully saturated rings. The Hall–Kier alpha value is -3.95. The van der Waals surface area contributed by atoms with Crippen molar-refractivity contribution in [1.82, 2.24) is 25.1 Å². The molecule has 0 radical (unpaired) electrons. The van der Waals surface area contributed by atoms with E-state index < -0.39 is 0 Å². The number of hydrogen-bond donors (Lipinski definition) is 3. The van der Waals surface area contributed by atoms with E-state index >= 15 is 0 Å². The zero-order valence-corrected chi connectivity index (χ0v) is 24.2. The van der Waals surface area contributed by atoms with Crippen LogP contribution in [0.3, 0.4) is 0 Å². The first-order valence-corrected chi connectivity index (χ1v) is 14.5. The molecule has 3 N–H and O–H groups in total. The zero-order valence-electron chi connectivity index (χ0n) is 23.4. The maximum absolute atomic E-state index is 12.7. The number of anilines is 4. The van der Waals surface area contributed by atoms with Gasteiger partial charge in [-0.25, -0.2) is 4.98 Å². The summed E-state index contributed by atoms with van der Waals surface area (Å²) in [6, 6.07) is 15.4. The van der Waals surface area contributed by atoms with E-state index in [0.29, 0.717) is 60.4 Å². The van der Waals surface area contributed by atoms with Gasteiger partial charge in [0.15, 0.2) is 5.82 Å². The van der Waals surface area contributed by atoms with E-state index in [4.69, 9.17) is 21.1 Å². The van der Waals surface area contributed by atoms with Gasteiger partial charge in [-0.15, -0.1) is 0 Å². The molecule has 11 nitrogen and oxygen atoms in total. The molecule has 1 aromatic heterocycles. The lowest BCUT2D eigenvalue weighted by atomic mass is 10.1. The fraction of sp³-hybridized carbons (Fsp3) is 0.400. The van der Waals surface area contributed by atoms with E-state index in [1.54, 1.807) is 18.2 Å². The number of carbonyl (C=O) groups is 1. The van der Waals surface area contributed by atoms with Gasteiger partial charge in [0.2, 0.25) is 11.9 Å². The summed E-state index contributed by atoms with van der Waals surface area (Å²) in [5.74, 6) is 1.27. The van der Waals surface area contributed by atoms with Crippen molar-refractivity contribution in [1.29, 1.82) is 5.26 Å². The number of ether oxygens (including phenoxy) is 2. The first-order chi connectivity index (χ1) is 20.6. The Labute approximate surface area is 250 Å². The Balaban J connectivity index is 1.36. The molecule has 3 aromatic rings. The lowest BCUT2D eigenvalue weighted by molar-refractivity contribution is -0.121. The van der Waals surface area contributed by atoms with E-state index in [-0.39, 0.29) is 11.9 Å². The van der Waals surface area contributed by atoms with Gasteiger partial charge in [-0.3, -0.25) is 14.6 Å². The molecule has 6 rings (SSSR count). The largest absolute Gasteiger partial charge is 0.491 e. The fourth-order valence-electron chi connectivity index (χ4n) is 4.76. The first kappa shape index (κ1) is 29.5. The average molecular weight is 591 g/mol. The van der Waals surface area contributed by atoms with E-state index in [1.807, 2.05) is 12.1 Å². The third-order valence-corrected chi connectivity index (χ3v) is 7.35. The van der Waals surface area contributed by atoms with Gasteiger partial charge < -0.3 is 25.4 Å². The second kappa shape index (κ2) is 14.8. The number of nitrogens with one attached hydrogen (secondary N) is 3. The van der Waals surface area contributed by atoms with E-state index in [2.05, 4.69) is 53.9 Å². The minimum atomic E-state index is 0.0235. The quantitative estimate of drug-likeness (QED) is 0.413. The lowest BCUT2D eigenvalue weighted by Gasteiger charge is -2.30. The van der Waals surface area contributed by atoms with Gasteiger partial charge in [-0.2, -0.15) is 10.2 Å². The zero-order chi connectivity index (χ0) is 29.1. The molecule has 4 heterocycles. The molecule has 1 amide bonds. The van der Waals surface area contributed by atoms with E-state index in [0.717, 1.165) is 57.2 Å². The highest BCUT2D eigenvalue weighted by Crippen LogP contribution is 2.31. The number of nitriles is 1. The Morgan fingerprint density at radius 2 is 1.81 bits per heavy atom. The molecule has 1 saturated heterocycles. The maximum Gasteiger partial charge on any atom is 0.229 e. The molecule has 0 atom stereocenters. The van der Waals surface area contributed by atoms with E-state index in [9.17, 15) is 10.1 Å². The predicted octanol–water partition coefficient (Wildman–Crippen LogP) is 3.91. The van der Waals surface area contributed by atoms with Gasteiger partial charge in [-0.05, 0) is 42.3 Å². The predicted molar refractivity (Wildman–Crippen MR) is 161 cm³/mol. The van der Waals surface area contributed by atoms with Gasteiger partial charge in [0.25, 0.3) is 0 Å². The summed E-state index contributed by atoms with van der Waals surface area (Å²) < 4.78 is 11.5. The summed E-state index contributed by atoms with van der Waals surface area (Å²) in [7, 11) is 0. The molecule has 3 aliphatic rings. The molecule has 220 valence electrons. The molecular weight excluding hydrogens is 556 g/mol. The van der Waals surface area contributed by atoms with Crippen LogP contribution in [0, 0.1) is 11.3 Å². The summed E-state index contributed by atoms with van der Waals surface area (Å²) in [6.07, 6.45) is 2.53. The van der Waals surface area contributed by atoms with Gasteiger partial charge in [0.05, 0.1) is 31.7 Å². The minimum Gasteiger partial charge on any atom is -0.491 e. The molecule has 42 heavy (non-hydrogen) atoms. The number of morpholine rings is 1. The highest BCUT2D eigenvalue weighted by molar-refractivity contribution is 6.31. The SMILES string of the molecule is N#Cc1cnc2nc1Nc1ccc(cc1)CN(CCN1CCOCC1)CCC(=O)NCCCOc1ccc(Cl)cc1N2. The summed E-state index contributed by atoms with van der Waals surface area (Å²) >= 11 is 6.25. The van der Waals surface area contributed by atoms with Crippen molar-refractivity contribution in [3.05, 3.63) is 64.8 Å². The highest BCUT2D eigenvalue weighted by atomic mass is 35.5. The van der Waals surface area contributed by atoms with Gasteiger partial charge in [0, 0.05) is 62.9 Å². The van der Waals surface area contributed by atoms with Crippen molar-refractivity contribution in [2.75, 3.05) is 69.7 Å². The monoisotopic (exact) mass is 590 g/mol. The standard InChI is InChI=1S/C30H35ClN8O3/c31-24-4-7-27-26(18-24)36-30-34-20-23(19-32)29(37-30)35-25-5-2-22(3-6-25)21-39(12-11-38-13-16-41-17-14-38)10-8-28(40)33-9-1-15-42-27/h2-7,18,20H,1,8-17,21H2,(H,33,40)(H2,34,35,36,37). The lowest BCUT2D eigenvalue weighted by Crippen LogP contribution is -2.42. The van der Waals surface area contributed by atoms with Crippen LogP contribution in [0.4, 0.5) is 23.1 Å². The maximum atomic E-state index is 12.7. The molecule has 0 unspecified atom stereocenters. The first-order valence-electron chi connectivity index (χ1n) is 14.2. The number of benzene rings is 2. The molecule has 12 heteroatoms. The molecule has 3 aliphatic heterocycles. The van der Waals surface area contributed by atoms with Crippen molar-refractivity contribution < 1.29 is 14.3 Å². The van der Waals surface area contributed by atoms with Crippen molar-refractivity contribution in [3.63, 3.8) is 0 Å². The smallest absolute Gasteiger partial charge is 0.229 e. The van der Waals surface area contributed by atoms with Crippen molar-refractivity contribution in [2.24, 2.45) is 0 Å². The molecular formula is C30H35ClN8O3. The van der Waals surface area contributed by atoms with Crippen molar-refractivity contribution >= 4 is 40.6 Å². The van der Waals surface area contributed by atoms with Crippen LogP contribution in [0.5, 0.6) is 5.75 Å². The summed E-state index contributed by atoms with van der Waals surface area (Å²) in [6.45, 7) is 7.45. The summed E-state index contributed by atoms with van der Waals surface area (Å²) in [5.41, 5.74) is 2.83. The molecule has 0 aliphatic carbocycles. The number of fused-ring (bicyclic) bond motifs is 11. The second-order valence-corrected chi connectivity index (χ2v) is 10.6. The number of hydrogen-bond acceptors (Lipinski definition) is 10. The van der Waals surface area contributed by atoms with Gasteiger partial charge >= 0.3 is 0 Å². The van der Waals surface area contributed by atoms with Crippen LogP contribution in [0.1, 0.15) is 24.0 Å². The number of nitrogens with zero attached hydrogens (tertiary/aromatic N) is 5. The van der Waals surface area contributed by atoms with Crippen LogP contribution < -0.4 is 20.7 Å². The number of aromatic nitrogens is 2. The second-order valence-electron chi connectivity index (χ2n) is 10.2. The fourth-order valence-corrected chi connectivity index (χ4v) is 4.93. The van der Waals surface area contributed by atoms with Gasteiger partial charge in [0.1, 0.15) is 17.4 Å². The van der Waals surface area contributed by atoms with Crippen LogP contribution in [-0.4, -0.2) is 84.8 Å². The van der Waals surface area contributed by atoms with Crippen LogP contribution in [0.15, 0.2) is 48.7 Å². The topological polar surface area (TPSA) is 128 Å². The number of rotatable bonds is 3. The van der Waals surface area contributed by atoms with Crippen LogP contribution in [0.25, 0.3) is 0 Å². The van der Waals surface area contributed by atoms with Crippen LogP contribution in [-0.2, 0) is 16.1 Å².